The Morgan fingerprint density at radius 3 is 2.35 bits per heavy atom. The van der Waals surface area contributed by atoms with Gasteiger partial charge >= 0.3 is 0 Å². The van der Waals surface area contributed by atoms with Crippen LogP contribution in [0.4, 0.5) is 0 Å². The first-order valence-corrected chi connectivity index (χ1v) is 11.7. The first-order valence-electron chi connectivity index (χ1n) is 11.7. The van der Waals surface area contributed by atoms with E-state index in [1.54, 1.807) is 0 Å². The van der Waals surface area contributed by atoms with Crippen LogP contribution in [0.5, 0.6) is 0 Å². The van der Waals surface area contributed by atoms with Gasteiger partial charge in [0, 0.05) is 12.2 Å². The lowest BCUT2D eigenvalue weighted by atomic mass is 9.96. The monoisotopic (exact) mass is 486 g/mol. The Hall–Kier alpha value is -1.22. The maximum atomic E-state index is 10.7. The van der Waals surface area contributed by atoms with Crippen molar-refractivity contribution in [2.45, 2.75) is 87.5 Å². The minimum atomic E-state index is -1.53. The van der Waals surface area contributed by atoms with Crippen molar-refractivity contribution in [1.29, 1.82) is 0 Å². The zero-order chi connectivity index (χ0) is 24.2. The average molecular weight is 487 g/mol. The second-order valence-corrected chi connectivity index (χ2v) is 8.73. The molecule has 11 atom stereocenters. The van der Waals surface area contributed by atoms with Gasteiger partial charge in [0.1, 0.15) is 48.8 Å². The first kappa shape index (κ1) is 25.9. The minimum absolute atomic E-state index is 0.0665. The number of benzene rings is 1. The topological polar surface area (TPSA) is 157 Å². The first-order chi connectivity index (χ1) is 16.4. The van der Waals surface area contributed by atoms with Crippen LogP contribution in [0.1, 0.15) is 31.6 Å². The van der Waals surface area contributed by atoms with E-state index < -0.39 is 74.3 Å². The Labute approximate surface area is 197 Å². The van der Waals surface area contributed by atoms with E-state index >= 15 is 0 Å². The van der Waals surface area contributed by atoms with Crippen LogP contribution in [0.15, 0.2) is 30.3 Å². The lowest BCUT2D eigenvalue weighted by Crippen LogP contribution is -2.65. The quantitative estimate of drug-likeness (QED) is 0.293. The van der Waals surface area contributed by atoms with Gasteiger partial charge < -0.3 is 54.0 Å². The van der Waals surface area contributed by atoms with Crippen molar-refractivity contribution < 1.29 is 54.0 Å². The van der Waals surface area contributed by atoms with Crippen molar-refractivity contribution in [2.24, 2.45) is 0 Å². The standard InChI is InChI=1S/C23H34O11/c1-2-3-9-29-22-17(27)15(25)19(13(10-24)31-22)34-23-18(28)16(26)20-14(32-23)11-30-21(33-20)12-7-5-4-6-8-12/h4-8,13-28H,2-3,9-11H2,1H3/t13?,14?,15?,16?,17?,18?,19-,20+,21?,22-,23+/m1/s1. The van der Waals surface area contributed by atoms with E-state index in [1.165, 1.54) is 0 Å². The van der Waals surface area contributed by atoms with E-state index in [2.05, 4.69) is 0 Å². The van der Waals surface area contributed by atoms with Crippen molar-refractivity contribution in [3.8, 4) is 0 Å². The van der Waals surface area contributed by atoms with Gasteiger partial charge in [-0.25, -0.2) is 0 Å². The summed E-state index contributed by atoms with van der Waals surface area (Å²) in [4.78, 5) is 0. The molecule has 3 aliphatic rings. The van der Waals surface area contributed by atoms with Crippen molar-refractivity contribution >= 4 is 0 Å². The van der Waals surface area contributed by atoms with Crippen LogP contribution in [-0.2, 0) is 28.4 Å². The molecule has 7 unspecified atom stereocenters. The molecule has 0 amide bonds. The van der Waals surface area contributed by atoms with Crippen LogP contribution < -0.4 is 0 Å². The van der Waals surface area contributed by atoms with E-state index in [0.29, 0.717) is 6.61 Å². The number of hydrogen-bond donors (Lipinski definition) is 5. The third-order valence-electron chi connectivity index (χ3n) is 6.30. The number of unbranched alkanes of at least 4 members (excludes halogenated alkanes) is 1. The number of ether oxygens (including phenoxy) is 6. The van der Waals surface area contributed by atoms with Crippen LogP contribution in [0.2, 0.25) is 0 Å². The van der Waals surface area contributed by atoms with Crippen LogP contribution in [0.25, 0.3) is 0 Å². The van der Waals surface area contributed by atoms with Gasteiger partial charge in [-0.15, -0.1) is 0 Å². The Kier molecular flexibility index (Phi) is 8.88. The lowest BCUT2D eigenvalue weighted by Gasteiger charge is -2.48. The predicted octanol–water partition coefficient (Wildman–Crippen LogP) is -0.812. The van der Waals surface area contributed by atoms with Gasteiger partial charge in [0.25, 0.3) is 0 Å². The number of aliphatic hydroxyl groups is 5. The molecule has 1 aromatic rings. The molecule has 3 saturated heterocycles. The van der Waals surface area contributed by atoms with Crippen LogP contribution in [0, 0.1) is 0 Å². The highest BCUT2D eigenvalue weighted by Gasteiger charge is 2.53. The van der Waals surface area contributed by atoms with E-state index in [0.717, 1.165) is 18.4 Å². The second-order valence-electron chi connectivity index (χ2n) is 8.73. The fourth-order valence-electron chi connectivity index (χ4n) is 4.33. The van der Waals surface area contributed by atoms with Crippen LogP contribution in [-0.4, -0.2) is 107 Å². The zero-order valence-electron chi connectivity index (χ0n) is 19.0. The molecule has 0 radical (unpaired) electrons. The maximum Gasteiger partial charge on any atom is 0.187 e. The molecule has 11 nitrogen and oxygen atoms in total. The summed E-state index contributed by atoms with van der Waals surface area (Å²) in [5.74, 6) is 0. The van der Waals surface area contributed by atoms with Crippen LogP contribution >= 0.6 is 0 Å². The number of rotatable bonds is 8. The molecule has 1 aromatic carbocycles. The van der Waals surface area contributed by atoms with Gasteiger partial charge in [0.2, 0.25) is 0 Å². The molecule has 5 N–H and O–H groups in total. The van der Waals surface area contributed by atoms with Crippen molar-refractivity contribution in [1.82, 2.24) is 0 Å². The third kappa shape index (κ3) is 5.45. The van der Waals surface area contributed by atoms with E-state index in [1.807, 2.05) is 37.3 Å². The number of hydrogen-bond acceptors (Lipinski definition) is 11. The van der Waals surface area contributed by atoms with Crippen molar-refractivity contribution in [3.05, 3.63) is 35.9 Å². The van der Waals surface area contributed by atoms with Gasteiger partial charge in [-0.3, -0.25) is 0 Å². The largest absolute Gasteiger partial charge is 0.394 e. The summed E-state index contributed by atoms with van der Waals surface area (Å²) >= 11 is 0. The molecular formula is C23H34O11. The SMILES string of the molecule is CCCCO[C@@H]1OC(CO)[C@@H](O[C@@H]2OC3COC(c4ccccc4)O[C@@H]3C(O)C2O)C(O)C1O. The normalized spacial score (nSPS) is 42.8. The van der Waals surface area contributed by atoms with Gasteiger partial charge in [0.15, 0.2) is 18.9 Å². The summed E-state index contributed by atoms with van der Waals surface area (Å²) in [6.07, 6.45) is -11.4. The predicted molar refractivity (Wildman–Crippen MR) is 114 cm³/mol. The molecule has 4 rings (SSSR count). The highest BCUT2D eigenvalue weighted by molar-refractivity contribution is 5.16. The molecule has 192 valence electrons. The Morgan fingerprint density at radius 1 is 0.912 bits per heavy atom. The molecule has 3 heterocycles. The lowest BCUT2D eigenvalue weighted by molar-refractivity contribution is -0.385. The minimum Gasteiger partial charge on any atom is -0.394 e. The number of fused-ring (bicyclic) bond motifs is 1. The highest BCUT2D eigenvalue weighted by Crippen LogP contribution is 2.36. The highest BCUT2D eigenvalue weighted by atomic mass is 16.8. The van der Waals surface area contributed by atoms with Crippen molar-refractivity contribution in [3.63, 3.8) is 0 Å². The fraction of sp³-hybridized carbons (Fsp3) is 0.739. The van der Waals surface area contributed by atoms with Gasteiger partial charge in [-0.1, -0.05) is 43.7 Å². The maximum absolute atomic E-state index is 10.7. The van der Waals surface area contributed by atoms with E-state index in [-0.39, 0.29) is 6.61 Å². The Bertz CT molecular complexity index is 748. The molecule has 0 bridgehead atoms. The second kappa shape index (κ2) is 11.7. The summed E-state index contributed by atoms with van der Waals surface area (Å²) < 4.78 is 34.2. The zero-order valence-corrected chi connectivity index (χ0v) is 19.0. The van der Waals surface area contributed by atoms with Crippen molar-refractivity contribution in [2.75, 3.05) is 19.8 Å². The molecule has 0 aliphatic carbocycles. The van der Waals surface area contributed by atoms with Crippen LogP contribution in [0.3, 0.4) is 0 Å². The Morgan fingerprint density at radius 2 is 1.65 bits per heavy atom. The fourth-order valence-corrected chi connectivity index (χ4v) is 4.33. The van der Waals surface area contributed by atoms with Gasteiger partial charge in [-0.2, -0.15) is 0 Å². The summed E-state index contributed by atoms with van der Waals surface area (Å²) in [5, 5.41) is 52.3. The molecule has 3 fully saturated rings. The third-order valence-corrected chi connectivity index (χ3v) is 6.30. The smallest absolute Gasteiger partial charge is 0.187 e. The van der Waals surface area contributed by atoms with Gasteiger partial charge in [0.05, 0.1) is 13.2 Å². The van der Waals surface area contributed by atoms with E-state index in [9.17, 15) is 25.5 Å². The molecule has 0 spiro atoms. The summed E-state index contributed by atoms with van der Waals surface area (Å²) in [6, 6.07) is 9.19. The average Bonchev–Trinajstić information content (AvgIpc) is 2.86. The molecule has 11 heteroatoms. The molecule has 0 saturated carbocycles. The molecule has 3 aliphatic heterocycles. The Balaban J connectivity index is 1.40. The molecular weight excluding hydrogens is 452 g/mol. The summed E-state index contributed by atoms with van der Waals surface area (Å²) in [5.41, 5.74) is 0.763. The molecule has 0 aromatic heterocycles. The number of aliphatic hydroxyl groups excluding tert-OH is 5. The summed E-state index contributed by atoms with van der Waals surface area (Å²) in [7, 11) is 0. The van der Waals surface area contributed by atoms with Gasteiger partial charge in [-0.05, 0) is 6.42 Å². The van der Waals surface area contributed by atoms with E-state index in [4.69, 9.17) is 28.4 Å². The summed E-state index contributed by atoms with van der Waals surface area (Å²) in [6.45, 7) is 1.83. The molecule has 34 heavy (non-hydrogen) atoms.